The van der Waals surface area contributed by atoms with E-state index >= 15 is 0 Å². The van der Waals surface area contributed by atoms with Crippen LogP contribution in [0.2, 0.25) is 5.02 Å². The van der Waals surface area contributed by atoms with Crippen molar-refractivity contribution >= 4 is 34.1 Å². The van der Waals surface area contributed by atoms with Crippen molar-refractivity contribution in [2.45, 2.75) is 6.92 Å². The van der Waals surface area contributed by atoms with E-state index in [4.69, 9.17) is 11.6 Å². The van der Waals surface area contributed by atoms with E-state index in [2.05, 4.69) is 10.3 Å². The zero-order valence-electron chi connectivity index (χ0n) is 15.6. The Morgan fingerprint density at radius 1 is 1.03 bits per heavy atom. The van der Waals surface area contributed by atoms with E-state index in [0.717, 1.165) is 12.1 Å². The Labute approximate surface area is 174 Å². The van der Waals surface area contributed by atoms with Gasteiger partial charge in [0.1, 0.15) is 17.5 Å². The van der Waals surface area contributed by atoms with Gasteiger partial charge in [0.15, 0.2) is 0 Å². The van der Waals surface area contributed by atoms with Gasteiger partial charge in [0.2, 0.25) is 0 Å². The van der Waals surface area contributed by atoms with E-state index in [1.54, 1.807) is 31.2 Å². The zero-order valence-corrected chi connectivity index (χ0v) is 16.4. The summed E-state index contributed by atoms with van der Waals surface area (Å²) in [6.45, 7) is 1.65. The molecule has 1 amide bonds. The summed E-state index contributed by atoms with van der Waals surface area (Å²) in [7, 11) is 0. The van der Waals surface area contributed by atoms with E-state index in [0.29, 0.717) is 22.4 Å². The van der Waals surface area contributed by atoms with Gasteiger partial charge in [0.25, 0.3) is 11.5 Å². The molecule has 150 valence electrons. The maximum Gasteiger partial charge on any atom is 0.265 e. The highest BCUT2D eigenvalue weighted by Gasteiger charge is 2.18. The van der Waals surface area contributed by atoms with Crippen LogP contribution < -0.4 is 10.9 Å². The van der Waals surface area contributed by atoms with Gasteiger partial charge >= 0.3 is 0 Å². The minimum Gasteiger partial charge on any atom is -0.319 e. The van der Waals surface area contributed by atoms with Crippen molar-refractivity contribution in [3.05, 3.63) is 99.1 Å². The third kappa shape index (κ3) is 3.44. The summed E-state index contributed by atoms with van der Waals surface area (Å²) in [5, 5.41) is 2.62. The summed E-state index contributed by atoms with van der Waals surface area (Å²) < 4.78 is 29.7. The van der Waals surface area contributed by atoms with Crippen LogP contribution in [-0.4, -0.2) is 15.5 Å². The molecule has 0 spiro atoms. The molecule has 0 radical (unpaired) electrons. The molecule has 0 saturated heterocycles. The molecule has 4 aromatic rings. The largest absolute Gasteiger partial charge is 0.319 e. The number of hydrogen-bond acceptors (Lipinski definition) is 3. The van der Waals surface area contributed by atoms with E-state index < -0.39 is 23.1 Å². The van der Waals surface area contributed by atoms with Crippen molar-refractivity contribution in [1.29, 1.82) is 0 Å². The zero-order chi connectivity index (χ0) is 21.4. The first kappa shape index (κ1) is 19.7. The summed E-state index contributed by atoms with van der Waals surface area (Å²) in [6, 6.07) is 14.4. The van der Waals surface area contributed by atoms with Gasteiger partial charge < -0.3 is 5.32 Å². The molecular weight excluding hydrogens is 412 g/mol. The minimum absolute atomic E-state index is 0.102. The Kier molecular flexibility index (Phi) is 5.05. The monoisotopic (exact) mass is 425 g/mol. The number of hydrogen-bond donors (Lipinski definition) is 1. The second-order valence-electron chi connectivity index (χ2n) is 6.53. The third-order valence-electron chi connectivity index (χ3n) is 4.59. The molecule has 0 unspecified atom stereocenters. The molecule has 1 N–H and O–H groups in total. The predicted octanol–water partition coefficient (Wildman–Crippen LogP) is 4.88. The smallest absolute Gasteiger partial charge is 0.265 e. The van der Waals surface area contributed by atoms with Gasteiger partial charge in [-0.3, -0.25) is 14.2 Å². The van der Waals surface area contributed by atoms with E-state index in [9.17, 15) is 18.4 Å². The highest BCUT2D eigenvalue weighted by Crippen LogP contribution is 2.24. The molecule has 0 bridgehead atoms. The van der Waals surface area contributed by atoms with Crippen LogP contribution in [0.25, 0.3) is 16.6 Å². The van der Waals surface area contributed by atoms with Crippen LogP contribution in [0.1, 0.15) is 16.2 Å². The number of nitrogens with one attached hydrogen (secondary N) is 1. The van der Waals surface area contributed by atoms with Crippen LogP contribution >= 0.6 is 11.6 Å². The fourth-order valence-corrected chi connectivity index (χ4v) is 3.44. The quantitative estimate of drug-likeness (QED) is 0.509. The Hall–Kier alpha value is -3.58. The number of aromatic nitrogens is 2. The molecule has 4 rings (SSSR count). The average molecular weight is 426 g/mol. The molecule has 30 heavy (non-hydrogen) atoms. The molecule has 0 saturated carbocycles. The summed E-state index contributed by atoms with van der Waals surface area (Å²) in [4.78, 5) is 29.8. The lowest BCUT2D eigenvalue weighted by molar-refractivity contribution is 0.102. The lowest BCUT2D eigenvalue weighted by Crippen LogP contribution is -2.23. The second kappa shape index (κ2) is 7.68. The minimum atomic E-state index is -0.908. The number of anilines is 1. The van der Waals surface area contributed by atoms with Gasteiger partial charge in [-0.15, -0.1) is 0 Å². The highest BCUT2D eigenvalue weighted by atomic mass is 35.5. The Bertz CT molecular complexity index is 1350. The van der Waals surface area contributed by atoms with Crippen molar-refractivity contribution in [3.63, 3.8) is 0 Å². The lowest BCUT2D eigenvalue weighted by Gasteiger charge is -2.14. The van der Waals surface area contributed by atoms with Crippen LogP contribution in [-0.2, 0) is 0 Å². The van der Waals surface area contributed by atoms with Crippen LogP contribution in [0.15, 0.2) is 65.5 Å². The number of carbonyl (C=O) groups excluding carboxylic acids is 1. The molecule has 0 aliphatic carbocycles. The number of para-hydroxylation sites is 1. The van der Waals surface area contributed by atoms with Crippen molar-refractivity contribution in [2.75, 3.05) is 5.32 Å². The molecular formula is C22H14ClF2N3O2. The molecule has 0 atom stereocenters. The van der Waals surface area contributed by atoms with Crippen LogP contribution in [0.5, 0.6) is 0 Å². The molecule has 1 heterocycles. The Morgan fingerprint density at radius 2 is 1.80 bits per heavy atom. The molecule has 8 heteroatoms. The second-order valence-corrected chi connectivity index (χ2v) is 6.94. The standard InChI is InChI=1S/C22H14ClF2N3O2/c1-12-26-18-8-3-2-5-14(18)22(30)28(12)13-9-10-16(24)19(11-13)27-21(29)20-15(23)6-4-7-17(20)25/h2-11H,1H3,(H,27,29). The topological polar surface area (TPSA) is 64.0 Å². The first-order valence-corrected chi connectivity index (χ1v) is 9.28. The highest BCUT2D eigenvalue weighted by molar-refractivity contribution is 6.34. The maximum absolute atomic E-state index is 14.4. The van der Waals surface area contributed by atoms with Crippen molar-refractivity contribution in [1.82, 2.24) is 9.55 Å². The lowest BCUT2D eigenvalue weighted by atomic mass is 10.1. The molecule has 5 nitrogen and oxygen atoms in total. The van der Waals surface area contributed by atoms with Crippen LogP contribution in [0.3, 0.4) is 0 Å². The van der Waals surface area contributed by atoms with E-state index in [1.807, 2.05) is 0 Å². The van der Waals surface area contributed by atoms with Gasteiger partial charge in [0.05, 0.1) is 32.9 Å². The first-order valence-electron chi connectivity index (χ1n) is 8.90. The third-order valence-corrected chi connectivity index (χ3v) is 4.90. The van der Waals surface area contributed by atoms with Crippen molar-refractivity contribution in [2.24, 2.45) is 0 Å². The van der Waals surface area contributed by atoms with Gasteiger partial charge in [-0.05, 0) is 49.4 Å². The Balaban J connectivity index is 1.79. The molecule has 1 aromatic heterocycles. The predicted molar refractivity (Wildman–Crippen MR) is 111 cm³/mol. The number of nitrogens with zero attached hydrogens (tertiary/aromatic N) is 2. The summed E-state index contributed by atoms with van der Waals surface area (Å²) in [5.41, 5.74) is -0.117. The molecule has 0 aliphatic heterocycles. The van der Waals surface area contributed by atoms with E-state index in [1.165, 1.54) is 28.8 Å². The number of fused-ring (bicyclic) bond motifs is 1. The Morgan fingerprint density at radius 3 is 2.57 bits per heavy atom. The fraction of sp³-hybridized carbons (Fsp3) is 0.0455. The first-order chi connectivity index (χ1) is 14.4. The average Bonchev–Trinajstić information content (AvgIpc) is 2.70. The summed E-state index contributed by atoms with van der Waals surface area (Å²) in [6.07, 6.45) is 0. The van der Waals surface area contributed by atoms with Gasteiger partial charge in [-0.1, -0.05) is 29.8 Å². The SMILES string of the molecule is Cc1nc2ccccc2c(=O)n1-c1ccc(F)c(NC(=O)c2c(F)cccc2Cl)c1. The fourth-order valence-electron chi connectivity index (χ4n) is 3.20. The van der Waals surface area contributed by atoms with Gasteiger partial charge in [-0.25, -0.2) is 13.8 Å². The summed E-state index contributed by atoms with van der Waals surface area (Å²) in [5.74, 6) is -2.10. The van der Waals surface area contributed by atoms with Crippen LogP contribution in [0, 0.1) is 18.6 Å². The molecule has 3 aromatic carbocycles. The van der Waals surface area contributed by atoms with E-state index in [-0.39, 0.29) is 16.3 Å². The van der Waals surface area contributed by atoms with Crippen molar-refractivity contribution < 1.29 is 13.6 Å². The molecule has 0 fully saturated rings. The van der Waals surface area contributed by atoms with Gasteiger partial charge in [0, 0.05) is 0 Å². The number of carbonyl (C=O) groups is 1. The maximum atomic E-state index is 14.4. The number of aryl methyl sites for hydroxylation is 1. The number of amides is 1. The number of halogens is 3. The normalized spacial score (nSPS) is 10.9. The number of rotatable bonds is 3. The number of benzene rings is 3. The van der Waals surface area contributed by atoms with Crippen molar-refractivity contribution in [3.8, 4) is 5.69 Å². The van der Waals surface area contributed by atoms with Crippen LogP contribution in [0.4, 0.5) is 14.5 Å². The van der Waals surface area contributed by atoms with Gasteiger partial charge in [-0.2, -0.15) is 0 Å². The summed E-state index contributed by atoms with van der Waals surface area (Å²) >= 11 is 5.91. The molecule has 0 aliphatic rings.